The SMILES string of the molecule is COc1ccc(OC(=O)/C=C/c2cccc3ccccc23)cc1. The van der Waals surface area contributed by atoms with Crippen molar-refractivity contribution in [3.8, 4) is 11.5 Å². The highest BCUT2D eigenvalue weighted by atomic mass is 16.5. The lowest BCUT2D eigenvalue weighted by atomic mass is 10.0. The van der Waals surface area contributed by atoms with Crippen LogP contribution < -0.4 is 9.47 Å². The summed E-state index contributed by atoms with van der Waals surface area (Å²) in [4.78, 5) is 11.9. The van der Waals surface area contributed by atoms with Crippen LogP contribution in [0.1, 0.15) is 5.56 Å². The van der Waals surface area contributed by atoms with E-state index in [0.29, 0.717) is 5.75 Å². The molecule has 0 bridgehead atoms. The third kappa shape index (κ3) is 3.58. The quantitative estimate of drug-likeness (QED) is 0.405. The number of carbonyl (C=O) groups is 1. The summed E-state index contributed by atoms with van der Waals surface area (Å²) in [5.41, 5.74) is 0.981. The van der Waals surface area contributed by atoms with Crippen molar-refractivity contribution >= 4 is 22.8 Å². The molecule has 0 unspecified atom stereocenters. The second-order valence-electron chi connectivity index (χ2n) is 5.00. The molecule has 114 valence electrons. The molecule has 0 atom stereocenters. The van der Waals surface area contributed by atoms with Gasteiger partial charge in [0.1, 0.15) is 11.5 Å². The van der Waals surface area contributed by atoms with Gasteiger partial charge in [0, 0.05) is 6.08 Å². The molecule has 0 aliphatic rings. The van der Waals surface area contributed by atoms with Crippen LogP contribution in [0.25, 0.3) is 16.8 Å². The maximum absolute atomic E-state index is 11.9. The highest BCUT2D eigenvalue weighted by Gasteiger charge is 2.02. The van der Waals surface area contributed by atoms with Crippen molar-refractivity contribution in [2.45, 2.75) is 0 Å². The van der Waals surface area contributed by atoms with Gasteiger partial charge in [0.15, 0.2) is 0 Å². The van der Waals surface area contributed by atoms with E-state index in [-0.39, 0.29) is 0 Å². The van der Waals surface area contributed by atoms with E-state index >= 15 is 0 Å². The molecule has 0 spiro atoms. The van der Waals surface area contributed by atoms with Gasteiger partial charge < -0.3 is 9.47 Å². The molecule has 0 aliphatic heterocycles. The molecule has 0 N–H and O–H groups in total. The molecule has 3 aromatic carbocycles. The standard InChI is InChI=1S/C20H16O3/c1-22-17-10-12-18(13-11-17)23-20(21)14-9-16-7-4-6-15-5-2-3-8-19(15)16/h2-14H,1H3/b14-9+. The summed E-state index contributed by atoms with van der Waals surface area (Å²) in [5.74, 6) is 0.789. The molecular formula is C20H16O3. The van der Waals surface area contributed by atoms with E-state index in [0.717, 1.165) is 22.1 Å². The van der Waals surface area contributed by atoms with Crippen LogP contribution in [0.3, 0.4) is 0 Å². The summed E-state index contributed by atoms with van der Waals surface area (Å²) in [6, 6.07) is 20.9. The van der Waals surface area contributed by atoms with Crippen molar-refractivity contribution in [1.82, 2.24) is 0 Å². The number of ether oxygens (including phenoxy) is 2. The Kier molecular flexibility index (Phi) is 4.39. The van der Waals surface area contributed by atoms with Crippen molar-refractivity contribution in [3.05, 3.63) is 78.4 Å². The van der Waals surface area contributed by atoms with Crippen LogP contribution in [0.5, 0.6) is 11.5 Å². The van der Waals surface area contributed by atoms with Gasteiger partial charge in [-0.3, -0.25) is 0 Å². The van der Waals surface area contributed by atoms with Gasteiger partial charge in [-0.25, -0.2) is 4.79 Å². The first kappa shape index (κ1) is 14.9. The molecule has 0 aliphatic carbocycles. The number of benzene rings is 3. The predicted octanol–water partition coefficient (Wildman–Crippen LogP) is 4.47. The van der Waals surface area contributed by atoms with Gasteiger partial charge in [0.25, 0.3) is 0 Å². The molecule has 0 radical (unpaired) electrons. The minimum atomic E-state index is -0.414. The Labute approximate surface area is 134 Å². The number of fused-ring (bicyclic) bond motifs is 1. The van der Waals surface area contributed by atoms with Gasteiger partial charge in [-0.15, -0.1) is 0 Å². The second kappa shape index (κ2) is 6.79. The van der Waals surface area contributed by atoms with E-state index in [2.05, 4.69) is 0 Å². The minimum Gasteiger partial charge on any atom is -0.497 e. The second-order valence-corrected chi connectivity index (χ2v) is 5.00. The van der Waals surface area contributed by atoms with E-state index in [4.69, 9.17) is 9.47 Å². The Bertz CT molecular complexity index is 843. The zero-order valence-corrected chi connectivity index (χ0v) is 12.7. The van der Waals surface area contributed by atoms with Gasteiger partial charge >= 0.3 is 5.97 Å². The Morgan fingerprint density at radius 1 is 0.870 bits per heavy atom. The Balaban J connectivity index is 1.74. The summed E-state index contributed by atoms with van der Waals surface area (Å²) in [5, 5.41) is 2.24. The van der Waals surface area contributed by atoms with Gasteiger partial charge in [-0.1, -0.05) is 42.5 Å². The monoisotopic (exact) mass is 304 g/mol. The van der Waals surface area contributed by atoms with Crippen molar-refractivity contribution in [1.29, 1.82) is 0 Å². The molecule has 0 saturated carbocycles. The minimum absolute atomic E-state index is 0.414. The van der Waals surface area contributed by atoms with Crippen molar-refractivity contribution in [2.24, 2.45) is 0 Å². The summed E-state index contributed by atoms with van der Waals surface area (Å²) < 4.78 is 10.3. The Morgan fingerprint density at radius 2 is 1.57 bits per heavy atom. The fraction of sp³-hybridized carbons (Fsp3) is 0.0500. The van der Waals surface area contributed by atoms with Crippen LogP contribution in [0.15, 0.2) is 72.8 Å². The van der Waals surface area contributed by atoms with Crippen LogP contribution in [0, 0.1) is 0 Å². The lowest BCUT2D eigenvalue weighted by Crippen LogP contribution is -2.03. The third-order valence-electron chi connectivity index (χ3n) is 3.50. The summed E-state index contributed by atoms with van der Waals surface area (Å²) in [6.07, 6.45) is 3.21. The molecule has 3 nitrogen and oxygen atoms in total. The first-order valence-corrected chi connectivity index (χ1v) is 7.28. The first-order chi connectivity index (χ1) is 11.3. The molecule has 0 amide bonds. The van der Waals surface area contributed by atoms with Crippen molar-refractivity contribution in [2.75, 3.05) is 7.11 Å². The predicted molar refractivity (Wildman–Crippen MR) is 91.6 cm³/mol. The van der Waals surface area contributed by atoms with Gasteiger partial charge in [0.2, 0.25) is 0 Å². The lowest BCUT2D eigenvalue weighted by Gasteiger charge is -2.04. The van der Waals surface area contributed by atoms with E-state index in [1.165, 1.54) is 6.08 Å². The normalized spacial score (nSPS) is 10.8. The Hall–Kier alpha value is -3.07. The molecule has 3 rings (SSSR count). The van der Waals surface area contributed by atoms with Crippen LogP contribution in [0.2, 0.25) is 0 Å². The topological polar surface area (TPSA) is 35.5 Å². The third-order valence-corrected chi connectivity index (χ3v) is 3.50. The lowest BCUT2D eigenvalue weighted by molar-refractivity contribution is -0.128. The molecular weight excluding hydrogens is 288 g/mol. The summed E-state index contributed by atoms with van der Waals surface area (Å²) >= 11 is 0. The number of carbonyl (C=O) groups excluding carboxylic acids is 1. The number of hydrogen-bond donors (Lipinski definition) is 0. The summed E-state index contributed by atoms with van der Waals surface area (Å²) in [7, 11) is 1.59. The van der Waals surface area contributed by atoms with E-state index in [1.54, 1.807) is 37.5 Å². The Morgan fingerprint density at radius 3 is 2.35 bits per heavy atom. The molecule has 23 heavy (non-hydrogen) atoms. The molecule has 3 heteroatoms. The van der Waals surface area contributed by atoms with E-state index < -0.39 is 5.97 Å². The maximum Gasteiger partial charge on any atom is 0.336 e. The zero-order valence-electron chi connectivity index (χ0n) is 12.7. The van der Waals surface area contributed by atoms with Crippen LogP contribution in [-0.2, 0) is 4.79 Å². The van der Waals surface area contributed by atoms with E-state index in [1.807, 2.05) is 42.5 Å². The molecule has 3 aromatic rings. The molecule has 0 fully saturated rings. The number of hydrogen-bond acceptors (Lipinski definition) is 3. The van der Waals surface area contributed by atoms with Gasteiger partial charge in [-0.2, -0.15) is 0 Å². The zero-order chi connectivity index (χ0) is 16.1. The molecule has 0 heterocycles. The van der Waals surface area contributed by atoms with Gasteiger partial charge in [-0.05, 0) is 46.7 Å². The van der Waals surface area contributed by atoms with Crippen LogP contribution >= 0.6 is 0 Å². The van der Waals surface area contributed by atoms with Crippen LogP contribution in [-0.4, -0.2) is 13.1 Å². The van der Waals surface area contributed by atoms with Crippen molar-refractivity contribution in [3.63, 3.8) is 0 Å². The van der Waals surface area contributed by atoms with Crippen molar-refractivity contribution < 1.29 is 14.3 Å². The average Bonchev–Trinajstić information content (AvgIpc) is 2.60. The van der Waals surface area contributed by atoms with Gasteiger partial charge in [0.05, 0.1) is 7.11 Å². The fourth-order valence-corrected chi connectivity index (χ4v) is 2.35. The highest BCUT2D eigenvalue weighted by Crippen LogP contribution is 2.20. The number of esters is 1. The summed E-state index contributed by atoms with van der Waals surface area (Å²) in [6.45, 7) is 0. The first-order valence-electron chi connectivity index (χ1n) is 7.28. The highest BCUT2D eigenvalue weighted by molar-refractivity contribution is 5.95. The largest absolute Gasteiger partial charge is 0.497 e. The number of methoxy groups -OCH3 is 1. The average molecular weight is 304 g/mol. The van der Waals surface area contributed by atoms with E-state index in [9.17, 15) is 4.79 Å². The fourth-order valence-electron chi connectivity index (χ4n) is 2.35. The smallest absolute Gasteiger partial charge is 0.336 e. The molecule has 0 aromatic heterocycles. The number of rotatable bonds is 4. The maximum atomic E-state index is 11.9. The van der Waals surface area contributed by atoms with Crippen LogP contribution in [0.4, 0.5) is 0 Å². The molecule has 0 saturated heterocycles.